The lowest BCUT2D eigenvalue weighted by Gasteiger charge is -2.25. The summed E-state index contributed by atoms with van der Waals surface area (Å²) in [6.45, 7) is 2.02. The Balaban J connectivity index is 1.68. The van der Waals surface area contributed by atoms with Gasteiger partial charge < -0.3 is 23.7 Å². The lowest BCUT2D eigenvalue weighted by molar-refractivity contribution is 0.0979. The van der Waals surface area contributed by atoms with Crippen molar-refractivity contribution in [2.45, 2.75) is 25.0 Å². The summed E-state index contributed by atoms with van der Waals surface area (Å²) >= 11 is 0. The van der Waals surface area contributed by atoms with E-state index in [0.29, 0.717) is 23.0 Å². The van der Waals surface area contributed by atoms with Gasteiger partial charge in [-0.3, -0.25) is 18.6 Å². The summed E-state index contributed by atoms with van der Waals surface area (Å²) < 4.78 is 26.0. The van der Waals surface area contributed by atoms with Crippen LogP contribution in [0.2, 0.25) is 0 Å². The number of amides is 1. The summed E-state index contributed by atoms with van der Waals surface area (Å²) in [6.07, 6.45) is 0.824. The molecule has 1 aliphatic heterocycles. The average molecular weight is 487 g/mol. The maximum atomic E-state index is 13.3. The van der Waals surface area contributed by atoms with Crippen molar-refractivity contribution in [3.63, 3.8) is 0 Å². The van der Waals surface area contributed by atoms with E-state index in [0.717, 1.165) is 5.56 Å². The Bertz CT molecular complexity index is 1350. The molecule has 2 aromatic carbocycles. The van der Waals surface area contributed by atoms with Crippen molar-refractivity contribution >= 4 is 39.2 Å². The van der Waals surface area contributed by atoms with Crippen LogP contribution < -0.4 is 10.5 Å². The second-order valence-electron chi connectivity index (χ2n) is 8.16. The summed E-state index contributed by atoms with van der Waals surface area (Å²) in [5, 5.41) is 10.4. The number of carbonyl (C=O) groups excluding carboxylic acids is 2. The predicted octanol–water partition coefficient (Wildman–Crippen LogP) is 3.72. The third-order valence-electron chi connectivity index (χ3n) is 6.22. The van der Waals surface area contributed by atoms with Gasteiger partial charge in [0.15, 0.2) is 5.78 Å². The second kappa shape index (κ2) is 8.88. The molecule has 0 saturated carbocycles. The molecule has 0 bridgehead atoms. The number of fused-ring (bicyclic) bond motifs is 1. The van der Waals surface area contributed by atoms with Crippen molar-refractivity contribution < 1.29 is 28.0 Å². The van der Waals surface area contributed by atoms with Crippen LogP contribution in [0.3, 0.4) is 0 Å². The number of nitrogens with zero attached hydrogens (tertiary/aromatic N) is 2. The van der Waals surface area contributed by atoms with E-state index in [1.807, 2.05) is 13.0 Å². The zero-order valence-electron chi connectivity index (χ0n) is 19.0. The molecule has 1 aliphatic rings. The number of pyridine rings is 1. The lowest BCUT2D eigenvalue weighted by Crippen LogP contribution is -2.34. The fourth-order valence-corrected chi connectivity index (χ4v) is 5.56. The number of ketones is 1. The number of anilines is 1. The molecule has 1 atom stereocenters. The highest BCUT2D eigenvalue weighted by Gasteiger charge is 2.42. The maximum absolute atomic E-state index is 13.3. The number of Topliss-reactive ketones (excluding diaryl/α,β-unsaturated/α-hetero) is 1. The highest BCUT2D eigenvalue weighted by Crippen LogP contribution is 2.52. The molecule has 10 heteroatoms. The molecule has 4 rings (SSSR count). The number of aryl methyl sites for hydroxylation is 2. The minimum Gasteiger partial charge on any atom is -0.506 e. The highest BCUT2D eigenvalue weighted by molar-refractivity contribution is 8.21. The van der Waals surface area contributed by atoms with Crippen LogP contribution in [0.4, 0.5) is 5.69 Å². The van der Waals surface area contributed by atoms with Crippen molar-refractivity contribution in [2.24, 2.45) is 7.05 Å². The van der Waals surface area contributed by atoms with Crippen LogP contribution in [0.15, 0.2) is 47.3 Å². The molecule has 0 spiro atoms. The van der Waals surface area contributed by atoms with Gasteiger partial charge in [-0.2, -0.15) is 0 Å². The van der Waals surface area contributed by atoms with Gasteiger partial charge in [-0.05, 0) is 48.7 Å². The van der Waals surface area contributed by atoms with E-state index in [4.69, 9.17) is 4.18 Å². The van der Waals surface area contributed by atoms with Gasteiger partial charge in [-0.15, -0.1) is 0 Å². The highest BCUT2D eigenvalue weighted by atomic mass is 32.3. The Morgan fingerprint density at radius 2 is 1.85 bits per heavy atom. The summed E-state index contributed by atoms with van der Waals surface area (Å²) in [5.41, 5.74) is 1.03. The van der Waals surface area contributed by atoms with Crippen LogP contribution in [0.25, 0.3) is 10.9 Å². The van der Waals surface area contributed by atoms with Crippen LogP contribution in [0, 0.1) is 0 Å². The van der Waals surface area contributed by atoms with Gasteiger partial charge >= 0.3 is 0 Å². The van der Waals surface area contributed by atoms with Crippen molar-refractivity contribution in [1.29, 1.82) is 0 Å². The van der Waals surface area contributed by atoms with Gasteiger partial charge in [-0.1, -0.05) is 19.1 Å². The molecule has 0 radical (unpaired) electrons. The first-order valence-electron chi connectivity index (χ1n) is 10.8. The smallest absolute Gasteiger partial charge is 0.267 e. The fourth-order valence-electron chi connectivity index (χ4n) is 4.23. The lowest BCUT2D eigenvalue weighted by atomic mass is 10.0. The third-order valence-corrected chi connectivity index (χ3v) is 7.93. The van der Waals surface area contributed by atoms with E-state index in [-0.39, 0.29) is 29.9 Å². The second-order valence-corrected chi connectivity index (χ2v) is 10.0. The van der Waals surface area contributed by atoms with Gasteiger partial charge in [0.1, 0.15) is 16.6 Å². The van der Waals surface area contributed by atoms with E-state index >= 15 is 0 Å². The van der Waals surface area contributed by atoms with Crippen LogP contribution in [-0.4, -0.2) is 49.4 Å². The third kappa shape index (κ3) is 3.88. The molecule has 34 heavy (non-hydrogen) atoms. The van der Waals surface area contributed by atoms with Gasteiger partial charge in [0, 0.05) is 30.7 Å². The molecule has 9 nitrogen and oxygen atoms in total. The quantitative estimate of drug-likeness (QED) is 0.469. The normalized spacial score (nSPS) is 18.1. The van der Waals surface area contributed by atoms with E-state index in [1.54, 1.807) is 19.2 Å². The summed E-state index contributed by atoms with van der Waals surface area (Å²) in [6, 6.07) is 11.3. The molecule has 2 heterocycles. The van der Waals surface area contributed by atoms with E-state index < -0.39 is 33.4 Å². The molecule has 0 aliphatic carbocycles. The summed E-state index contributed by atoms with van der Waals surface area (Å²) in [5.74, 6) is -1.50. The topological polar surface area (TPSA) is 129 Å². The molecule has 1 fully saturated rings. The molecular formula is C24H26N2O7S. The largest absolute Gasteiger partial charge is 0.506 e. The van der Waals surface area contributed by atoms with Gasteiger partial charge in [0.2, 0.25) is 0 Å². The first-order chi connectivity index (χ1) is 16.1. The number of hydrogen-bond donors (Lipinski definition) is 3. The molecule has 1 unspecified atom stereocenters. The van der Waals surface area contributed by atoms with E-state index in [2.05, 4.69) is 0 Å². The Labute approximate surface area is 197 Å². The van der Waals surface area contributed by atoms with Crippen molar-refractivity contribution in [1.82, 2.24) is 4.57 Å². The molecule has 1 saturated heterocycles. The number of benzene rings is 2. The van der Waals surface area contributed by atoms with Gasteiger partial charge in [0.05, 0.1) is 23.0 Å². The SMILES string of the molecule is CCc1cccc2c1c(O)c(C(=O)N(C)c1ccc(C(=O)C3CCOS3(O)O)cc1)c(=O)n2C. The van der Waals surface area contributed by atoms with Crippen LogP contribution >= 0.6 is 10.9 Å². The Morgan fingerprint density at radius 1 is 1.18 bits per heavy atom. The van der Waals surface area contributed by atoms with Crippen LogP contribution in [0.1, 0.15) is 39.6 Å². The number of aromatic hydroxyl groups is 1. The molecular weight excluding hydrogens is 460 g/mol. The first kappa shape index (κ1) is 24.0. The number of hydrogen-bond acceptors (Lipinski definition) is 7. The molecule has 1 amide bonds. The maximum Gasteiger partial charge on any atom is 0.267 e. The zero-order chi connectivity index (χ0) is 24.8. The molecule has 3 aromatic rings. The monoisotopic (exact) mass is 486 g/mol. The minimum atomic E-state index is -3.43. The predicted molar refractivity (Wildman–Crippen MR) is 131 cm³/mol. The minimum absolute atomic E-state index is 0.0953. The first-order valence-corrected chi connectivity index (χ1v) is 12.3. The number of aromatic nitrogens is 1. The van der Waals surface area contributed by atoms with Crippen LogP contribution in [-0.2, 0) is 17.7 Å². The van der Waals surface area contributed by atoms with Crippen molar-refractivity contribution in [2.75, 3.05) is 18.6 Å². The van der Waals surface area contributed by atoms with Crippen molar-refractivity contribution in [3.05, 3.63) is 69.5 Å². The van der Waals surface area contributed by atoms with E-state index in [9.17, 15) is 28.6 Å². The number of carbonyl (C=O) groups is 2. The Morgan fingerprint density at radius 3 is 2.44 bits per heavy atom. The molecule has 180 valence electrons. The fraction of sp³-hybridized carbons (Fsp3) is 0.292. The zero-order valence-corrected chi connectivity index (χ0v) is 19.8. The summed E-state index contributed by atoms with van der Waals surface area (Å²) in [4.78, 5) is 40.2. The molecule has 1 aromatic heterocycles. The van der Waals surface area contributed by atoms with Gasteiger partial charge in [-0.25, -0.2) is 0 Å². The Hall–Kier alpha value is -3.18. The molecule has 3 N–H and O–H groups in total. The average Bonchev–Trinajstić information content (AvgIpc) is 3.20. The Kier molecular flexibility index (Phi) is 6.26. The number of rotatable bonds is 5. The van der Waals surface area contributed by atoms with Gasteiger partial charge in [0.25, 0.3) is 11.5 Å². The van der Waals surface area contributed by atoms with Crippen molar-refractivity contribution in [3.8, 4) is 5.75 Å². The van der Waals surface area contributed by atoms with Crippen LogP contribution in [0.5, 0.6) is 5.75 Å². The standard InChI is InChI=1S/C24H26N2O7S/c1-4-14-6-5-7-17-19(14)22(28)20(24(30)26(17)3)23(29)25(2)16-10-8-15(9-11-16)21(27)18-12-13-33-34(18,31)32/h5-11,18,28,31-32H,4,12-13H2,1-3H3. The summed E-state index contributed by atoms with van der Waals surface area (Å²) in [7, 11) is -0.406. The van der Waals surface area contributed by atoms with E-state index in [1.165, 1.54) is 40.8 Å².